The molecule has 1 atom stereocenters. The lowest BCUT2D eigenvalue weighted by Gasteiger charge is -2.16. The van der Waals surface area contributed by atoms with Crippen molar-refractivity contribution in [3.63, 3.8) is 0 Å². The zero-order valence-electron chi connectivity index (χ0n) is 18.0. The number of tetrazole rings is 1. The van der Waals surface area contributed by atoms with E-state index in [9.17, 15) is 19.5 Å². The summed E-state index contributed by atoms with van der Waals surface area (Å²) in [7, 11) is 0. The van der Waals surface area contributed by atoms with E-state index in [0.717, 1.165) is 21.9 Å². The van der Waals surface area contributed by atoms with Crippen LogP contribution in [0.3, 0.4) is 0 Å². The lowest BCUT2D eigenvalue weighted by atomic mass is 10.0. The molecule has 1 unspecified atom stereocenters. The van der Waals surface area contributed by atoms with Gasteiger partial charge in [0, 0.05) is 5.56 Å². The lowest BCUT2D eigenvalue weighted by molar-refractivity contribution is -0.139. The van der Waals surface area contributed by atoms with Crippen molar-refractivity contribution in [3.05, 3.63) is 78.4 Å². The van der Waals surface area contributed by atoms with Crippen molar-refractivity contribution in [2.75, 3.05) is 0 Å². The summed E-state index contributed by atoms with van der Waals surface area (Å²) in [6.07, 6.45) is -1.50. The third kappa shape index (κ3) is 5.41. The van der Waals surface area contributed by atoms with Crippen LogP contribution in [0.2, 0.25) is 0 Å². The number of aromatic nitrogens is 4. The maximum atomic E-state index is 13.0. The smallest absolute Gasteiger partial charge is 0.408 e. The number of fused-ring (bicyclic) bond motifs is 1. The van der Waals surface area contributed by atoms with Crippen molar-refractivity contribution in [2.45, 2.75) is 25.6 Å². The number of carbonyl (C=O) groups excluding carboxylic acids is 2. The molecular weight excluding hydrogens is 438 g/mol. The van der Waals surface area contributed by atoms with Gasteiger partial charge in [-0.2, -0.15) is 0 Å². The van der Waals surface area contributed by atoms with E-state index in [1.54, 1.807) is 24.3 Å². The highest BCUT2D eigenvalue weighted by Crippen LogP contribution is 2.26. The summed E-state index contributed by atoms with van der Waals surface area (Å²) in [5.41, 5.74) is 1.48. The van der Waals surface area contributed by atoms with Gasteiger partial charge in [-0.3, -0.25) is 9.59 Å². The van der Waals surface area contributed by atoms with Crippen molar-refractivity contribution >= 4 is 28.6 Å². The number of benzene rings is 3. The second kappa shape index (κ2) is 10.3. The SMILES string of the molecule is O=C(O)CC(NC(=O)OCc1ccccc1)C(=O)Cn1nnnc1-c1cccc2ccccc12. The quantitative estimate of drug-likeness (QED) is 0.390. The molecule has 10 heteroatoms. The third-order valence-corrected chi connectivity index (χ3v) is 5.14. The van der Waals surface area contributed by atoms with E-state index in [1.807, 2.05) is 48.5 Å². The first kappa shape index (κ1) is 22.6. The van der Waals surface area contributed by atoms with Crippen molar-refractivity contribution in [3.8, 4) is 11.4 Å². The molecule has 0 saturated carbocycles. The molecule has 0 fully saturated rings. The van der Waals surface area contributed by atoms with Gasteiger partial charge in [0.2, 0.25) is 0 Å². The number of carboxylic acid groups (broad SMARTS) is 1. The summed E-state index contributed by atoms with van der Waals surface area (Å²) < 4.78 is 6.41. The second-order valence-corrected chi connectivity index (χ2v) is 7.51. The van der Waals surface area contributed by atoms with Crippen LogP contribution in [-0.4, -0.2) is 49.2 Å². The Bertz CT molecular complexity index is 1320. The molecule has 34 heavy (non-hydrogen) atoms. The van der Waals surface area contributed by atoms with E-state index in [1.165, 1.54) is 4.68 Å². The molecule has 10 nitrogen and oxygen atoms in total. The topological polar surface area (TPSA) is 136 Å². The zero-order valence-corrected chi connectivity index (χ0v) is 18.0. The summed E-state index contributed by atoms with van der Waals surface area (Å²) in [5, 5.41) is 25.1. The van der Waals surface area contributed by atoms with Crippen LogP contribution in [0, 0.1) is 0 Å². The molecule has 3 aromatic carbocycles. The molecule has 0 aliphatic carbocycles. The standard InChI is InChI=1S/C24H21N5O5/c30-21(20(13-22(31)32)25-24(33)34-15-16-7-2-1-3-8-16)14-29-23(26-27-28-29)19-12-6-10-17-9-4-5-11-18(17)19/h1-12,20H,13-15H2,(H,25,33)(H,31,32). The number of amides is 1. The Balaban J connectivity index is 1.49. The normalized spacial score (nSPS) is 11.6. The minimum absolute atomic E-state index is 0.0150. The van der Waals surface area contributed by atoms with Gasteiger partial charge in [-0.1, -0.05) is 72.8 Å². The number of nitrogens with one attached hydrogen (secondary N) is 1. The number of hydrogen-bond donors (Lipinski definition) is 2. The number of aliphatic carboxylic acids is 1. The average Bonchev–Trinajstić information content (AvgIpc) is 3.30. The average molecular weight is 459 g/mol. The third-order valence-electron chi connectivity index (χ3n) is 5.14. The molecule has 2 N–H and O–H groups in total. The molecular formula is C24H21N5O5. The summed E-state index contributed by atoms with van der Waals surface area (Å²) in [4.78, 5) is 36.5. The molecule has 1 amide bonds. The van der Waals surface area contributed by atoms with Crippen LogP contribution in [0.1, 0.15) is 12.0 Å². The first-order valence-electron chi connectivity index (χ1n) is 10.5. The molecule has 1 heterocycles. The second-order valence-electron chi connectivity index (χ2n) is 7.51. The summed E-state index contributed by atoms with van der Waals surface area (Å²) in [5.74, 6) is -1.47. The van der Waals surface area contributed by atoms with Crippen molar-refractivity contribution < 1.29 is 24.2 Å². The summed E-state index contributed by atoms with van der Waals surface area (Å²) in [6.45, 7) is -0.346. The summed E-state index contributed by atoms with van der Waals surface area (Å²) in [6, 6.07) is 21.0. The molecule has 4 aromatic rings. The maximum Gasteiger partial charge on any atom is 0.408 e. The van der Waals surface area contributed by atoms with Crippen LogP contribution in [0.5, 0.6) is 0 Å². The van der Waals surface area contributed by atoms with Gasteiger partial charge in [-0.15, -0.1) is 5.10 Å². The number of carbonyl (C=O) groups is 3. The van der Waals surface area contributed by atoms with Crippen LogP contribution in [0.25, 0.3) is 22.2 Å². The van der Waals surface area contributed by atoms with E-state index in [-0.39, 0.29) is 13.2 Å². The number of ether oxygens (including phenoxy) is 1. The Morgan fingerprint density at radius 3 is 2.50 bits per heavy atom. The predicted octanol–water partition coefficient (Wildman–Crippen LogP) is 2.83. The molecule has 0 aliphatic heterocycles. The molecule has 1 aromatic heterocycles. The number of Topliss-reactive ketones (excluding diaryl/α,β-unsaturated/α-hetero) is 1. The van der Waals surface area contributed by atoms with Crippen LogP contribution < -0.4 is 5.32 Å². The Labute approximate surface area is 194 Å². The van der Waals surface area contributed by atoms with Gasteiger partial charge in [0.15, 0.2) is 11.6 Å². The fourth-order valence-corrected chi connectivity index (χ4v) is 3.51. The van der Waals surface area contributed by atoms with Crippen LogP contribution in [0.4, 0.5) is 4.79 Å². The highest BCUT2D eigenvalue weighted by Gasteiger charge is 2.26. The van der Waals surface area contributed by atoms with Gasteiger partial charge in [0.1, 0.15) is 19.2 Å². The Hall–Kier alpha value is -4.60. The van der Waals surface area contributed by atoms with E-state index < -0.39 is 30.3 Å². The van der Waals surface area contributed by atoms with E-state index in [0.29, 0.717) is 5.82 Å². The minimum Gasteiger partial charge on any atom is -0.481 e. The van der Waals surface area contributed by atoms with Gasteiger partial charge in [-0.05, 0) is 26.8 Å². The largest absolute Gasteiger partial charge is 0.481 e. The number of nitrogens with zero attached hydrogens (tertiary/aromatic N) is 4. The van der Waals surface area contributed by atoms with E-state index in [4.69, 9.17) is 4.74 Å². The van der Waals surface area contributed by atoms with Gasteiger partial charge >= 0.3 is 12.1 Å². The molecule has 0 aliphatic rings. The first-order chi connectivity index (χ1) is 16.5. The lowest BCUT2D eigenvalue weighted by Crippen LogP contribution is -2.44. The van der Waals surface area contributed by atoms with Gasteiger partial charge in [0.25, 0.3) is 0 Å². The predicted molar refractivity (Wildman–Crippen MR) is 122 cm³/mol. The number of carboxylic acids is 1. The molecule has 0 spiro atoms. The highest BCUT2D eigenvalue weighted by molar-refractivity contribution is 5.95. The molecule has 172 valence electrons. The minimum atomic E-state index is -1.31. The van der Waals surface area contributed by atoms with Crippen molar-refractivity contribution in [2.24, 2.45) is 0 Å². The van der Waals surface area contributed by atoms with Crippen LogP contribution in [-0.2, 0) is 27.5 Å². The fourth-order valence-electron chi connectivity index (χ4n) is 3.51. The molecule has 0 radical (unpaired) electrons. The first-order valence-corrected chi connectivity index (χ1v) is 10.5. The van der Waals surface area contributed by atoms with Gasteiger partial charge < -0.3 is 15.2 Å². The monoisotopic (exact) mass is 459 g/mol. The van der Waals surface area contributed by atoms with E-state index in [2.05, 4.69) is 20.8 Å². The number of rotatable bonds is 9. The summed E-state index contributed by atoms with van der Waals surface area (Å²) >= 11 is 0. The molecule has 0 bridgehead atoms. The Morgan fingerprint density at radius 1 is 0.971 bits per heavy atom. The number of hydrogen-bond acceptors (Lipinski definition) is 7. The fraction of sp³-hybridized carbons (Fsp3) is 0.167. The Morgan fingerprint density at radius 2 is 1.71 bits per heavy atom. The van der Waals surface area contributed by atoms with Crippen molar-refractivity contribution in [1.29, 1.82) is 0 Å². The van der Waals surface area contributed by atoms with Crippen LogP contribution >= 0.6 is 0 Å². The zero-order chi connectivity index (χ0) is 23.9. The number of ketones is 1. The van der Waals surface area contributed by atoms with Crippen LogP contribution in [0.15, 0.2) is 72.8 Å². The highest BCUT2D eigenvalue weighted by atomic mass is 16.5. The molecule has 0 saturated heterocycles. The number of alkyl carbamates (subject to hydrolysis) is 1. The van der Waals surface area contributed by atoms with E-state index >= 15 is 0 Å². The Kier molecular flexibility index (Phi) is 6.87. The maximum absolute atomic E-state index is 13.0. The molecule has 4 rings (SSSR count). The van der Waals surface area contributed by atoms with Crippen molar-refractivity contribution in [1.82, 2.24) is 25.5 Å². The van der Waals surface area contributed by atoms with Gasteiger partial charge in [-0.25, -0.2) is 9.48 Å². The van der Waals surface area contributed by atoms with Gasteiger partial charge in [0.05, 0.1) is 6.42 Å².